The number of aromatic nitrogens is 2. The van der Waals surface area contributed by atoms with Crippen LogP contribution in [0.15, 0.2) is 24.3 Å². The van der Waals surface area contributed by atoms with Crippen molar-refractivity contribution in [2.45, 2.75) is 38.1 Å². The largest absolute Gasteiger partial charge is 0.337 e. The van der Waals surface area contributed by atoms with Gasteiger partial charge in [-0.1, -0.05) is 47.6 Å². The number of rotatable bonds is 5. The molecule has 2 amide bonds. The summed E-state index contributed by atoms with van der Waals surface area (Å²) in [7, 11) is 0. The molecule has 1 aromatic carbocycles. The maximum absolute atomic E-state index is 12.5. The second-order valence-electron chi connectivity index (χ2n) is 6.83. The molecule has 1 atom stereocenters. The number of carbonyl (C=O) groups is 2. The van der Waals surface area contributed by atoms with Crippen molar-refractivity contribution < 1.29 is 9.59 Å². The van der Waals surface area contributed by atoms with Gasteiger partial charge in [0.25, 0.3) is 0 Å². The minimum absolute atomic E-state index is 0.0301. The van der Waals surface area contributed by atoms with Crippen LogP contribution in [0.25, 0.3) is 0 Å². The molecule has 4 rings (SSSR count). The van der Waals surface area contributed by atoms with Gasteiger partial charge in [-0.2, -0.15) is 0 Å². The predicted molar refractivity (Wildman–Crippen MR) is 100 cm³/mol. The molecule has 2 aliphatic rings. The monoisotopic (exact) mass is 390 g/mol. The highest BCUT2D eigenvalue weighted by Gasteiger charge is 2.35. The smallest absolute Gasteiger partial charge is 0.231 e. The van der Waals surface area contributed by atoms with Crippen molar-refractivity contribution in [1.82, 2.24) is 15.1 Å². The molecule has 1 N–H and O–H groups in total. The first-order chi connectivity index (χ1) is 12.6. The number of nitrogens with zero attached hydrogens (tertiary/aromatic N) is 3. The average molecular weight is 391 g/mol. The summed E-state index contributed by atoms with van der Waals surface area (Å²) in [5.74, 6) is -0.0767. The molecule has 136 valence electrons. The SMILES string of the molecule is O=C(Nc1nnc(C2CCC2)s1)[C@H]1CC(=O)N(Cc2ccccc2Cl)C1. The molecule has 1 aliphatic heterocycles. The number of amides is 2. The molecule has 0 bridgehead atoms. The molecule has 8 heteroatoms. The van der Waals surface area contributed by atoms with E-state index in [2.05, 4.69) is 15.5 Å². The van der Waals surface area contributed by atoms with E-state index in [9.17, 15) is 9.59 Å². The molecule has 1 saturated carbocycles. The van der Waals surface area contributed by atoms with E-state index in [1.165, 1.54) is 17.8 Å². The topological polar surface area (TPSA) is 75.2 Å². The van der Waals surface area contributed by atoms with Crippen LogP contribution >= 0.6 is 22.9 Å². The van der Waals surface area contributed by atoms with E-state index in [4.69, 9.17) is 11.6 Å². The quantitative estimate of drug-likeness (QED) is 0.848. The van der Waals surface area contributed by atoms with Gasteiger partial charge in [0.15, 0.2) is 0 Å². The van der Waals surface area contributed by atoms with E-state index in [0.717, 1.165) is 23.4 Å². The highest BCUT2D eigenvalue weighted by Crippen LogP contribution is 2.38. The zero-order chi connectivity index (χ0) is 18.1. The Bertz CT molecular complexity index is 836. The molecule has 2 aromatic rings. The number of benzene rings is 1. The maximum Gasteiger partial charge on any atom is 0.231 e. The molecule has 0 unspecified atom stereocenters. The lowest BCUT2D eigenvalue weighted by Crippen LogP contribution is -2.28. The fourth-order valence-corrected chi connectivity index (χ4v) is 4.36. The number of hydrogen-bond donors (Lipinski definition) is 1. The van der Waals surface area contributed by atoms with Gasteiger partial charge in [-0.3, -0.25) is 9.59 Å². The lowest BCUT2D eigenvalue weighted by molar-refractivity contribution is -0.128. The van der Waals surface area contributed by atoms with Gasteiger partial charge in [0.1, 0.15) is 5.01 Å². The Hall–Kier alpha value is -1.99. The number of nitrogens with one attached hydrogen (secondary N) is 1. The van der Waals surface area contributed by atoms with Crippen LogP contribution in [0, 0.1) is 5.92 Å². The van der Waals surface area contributed by atoms with Crippen molar-refractivity contribution in [3.8, 4) is 0 Å². The van der Waals surface area contributed by atoms with E-state index >= 15 is 0 Å². The highest BCUT2D eigenvalue weighted by atomic mass is 35.5. The van der Waals surface area contributed by atoms with Gasteiger partial charge in [-0.05, 0) is 24.5 Å². The molecular formula is C18H19ClN4O2S. The summed E-state index contributed by atoms with van der Waals surface area (Å²) in [6, 6.07) is 7.44. The second-order valence-corrected chi connectivity index (χ2v) is 8.25. The fraction of sp³-hybridized carbons (Fsp3) is 0.444. The molecule has 2 fully saturated rings. The lowest BCUT2D eigenvalue weighted by Gasteiger charge is -2.21. The Labute approximate surface area is 160 Å². The van der Waals surface area contributed by atoms with Crippen molar-refractivity contribution in [2.75, 3.05) is 11.9 Å². The molecule has 0 spiro atoms. The lowest BCUT2D eigenvalue weighted by atomic mass is 9.86. The summed E-state index contributed by atoms with van der Waals surface area (Å²) in [5, 5.41) is 13.2. The van der Waals surface area contributed by atoms with Gasteiger partial charge >= 0.3 is 0 Å². The van der Waals surface area contributed by atoms with Crippen molar-refractivity contribution in [3.63, 3.8) is 0 Å². The standard InChI is InChI=1S/C18H19ClN4O2S/c19-14-7-2-1-4-12(14)9-23-10-13(8-15(23)24)16(25)20-18-22-21-17(26-18)11-5-3-6-11/h1-2,4,7,11,13H,3,5-6,8-10H2,(H,20,22,25)/t13-/m0/s1. The Morgan fingerprint density at radius 2 is 2.12 bits per heavy atom. The van der Waals surface area contributed by atoms with E-state index in [1.807, 2.05) is 18.2 Å². The van der Waals surface area contributed by atoms with Crippen LogP contribution in [0.4, 0.5) is 5.13 Å². The first kappa shape index (κ1) is 17.4. The van der Waals surface area contributed by atoms with Gasteiger partial charge in [-0.15, -0.1) is 10.2 Å². The summed E-state index contributed by atoms with van der Waals surface area (Å²) >= 11 is 7.61. The van der Waals surface area contributed by atoms with Gasteiger partial charge in [0.05, 0.1) is 5.92 Å². The minimum atomic E-state index is -0.374. The van der Waals surface area contributed by atoms with Crippen molar-refractivity contribution in [1.29, 1.82) is 0 Å². The maximum atomic E-state index is 12.5. The zero-order valence-corrected chi connectivity index (χ0v) is 15.7. The van der Waals surface area contributed by atoms with Crippen LogP contribution in [0.5, 0.6) is 0 Å². The van der Waals surface area contributed by atoms with Crippen LogP contribution in [-0.4, -0.2) is 33.5 Å². The third kappa shape index (κ3) is 3.59. The number of halogens is 1. The Morgan fingerprint density at radius 1 is 1.31 bits per heavy atom. The normalized spacial score (nSPS) is 20.3. The van der Waals surface area contributed by atoms with Crippen LogP contribution in [0.3, 0.4) is 0 Å². The second kappa shape index (κ2) is 7.32. The number of likely N-dealkylation sites (tertiary alicyclic amines) is 1. The van der Waals surface area contributed by atoms with Crippen molar-refractivity contribution in [2.24, 2.45) is 5.92 Å². The van der Waals surface area contributed by atoms with E-state index < -0.39 is 0 Å². The van der Waals surface area contributed by atoms with E-state index in [-0.39, 0.29) is 24.2 Å². The fourth-order valence-electron chi connectivity index (χ4n) is 3.25. The molecular weight excluding hydrogens is 372 g/mol. The van der Waals surface area contributed by atoms with Crippen LogP contribution in [0.2, 0.25) is 5.02 Å². The minimum Gasteiger partial charge on any atom is -0.337 e. The molecule has 6 nitrogen and oxygen atoms in total. The molecule has 2 heterocycles. The molecule has 1 aliphatic carbocycles. The summed E-state index contributed by atoms with van der Waals surface area (Å²) in [6.07, 6.45) is 3.75. The number of anilines is 1. The van der Waals surface area contributed by atoms with Gasteiger partial charge in [-0.25, -0.2) is 0 Å². The van der Waals surface area contributed by atoms with Gasteiger partial charge in [0, 0.05) is 30.5 Å². The predicted octanol–water partition coefficient (Wildman–Crippen LogP) is 3.45. The van der Waals surface area contributed by atoms with Crippen LogP contribution in [0.1, 0.15) is 42.2 Å². The van der Waals surface area contributed by atoms with Crippen molar-refractivity contribution in [3.05, 3.63) is 39.9 Å². The summed E-state index contributed by atoms with van der Waals surface area (Å²) in [6.45, 7) is 0.817. The molecule has 26 heavy (non-hydrogen) atoms. The molecule has 0 radical (unpaired) electrons. The Morgan fingerprint density at radius 3 is 2.85 bits per heavy atom. The summed E-state index contributed by atoms with van der Waals surface area (Å²) < 4.78 is 0. The highest BCUT2D eigenvalue weighted by molar-refractivity contribution is 7.15. The Kier molecular flexibility index (Phi) is 4.91. The molecule has 1 aromatic heterocycles. The zero-order valence-electron chi connectivity index (χ0n) is 14.2. The molecule has 1 saturated heterocycles. The van der Waals surface area contributed by atoms with Crippen molar-refractivity contribution >= 4 is 39.9 Å². The third-order valence-corrected chi connectivity index (χ3v) is 6.40. The summed E-state index contributed by atoms with van der Waals surface area (Å²) in [4.78, 5) is 26.5. The number of carbonyl (C=O) groups excluding carboxylic acids is 2. The van der Waals surface area contributed by atoms with Crippen LogP contribution < -0.4 is 5.32 Å². The van der Waals surface area contributed by atoms with E-state index in [1.54, 1.807) is 11.0 Å². The average Bonchev–Trinajstić information content (AvgIpc) is 3.15. The van der Waals surface area contributed by atoms with Crippen LogP contribution in [-0.2, 0) is 16.1 Å². The summed E-state index contributed by atoms with van der Waals surface area (Å²) in [5.41, 5.74) is 0.887. The van der Waals surface area contributed by atoms with Gasteiger partial charge in [0.2, 0.25) is 16.9 Å². The third-order valence-electron chi connectivity index (χ3n) is 5.03. The Balaban J connectivity index is 1.36. The first-order valence-corrected chi connectivity index (χ1v) is 9.95. The first-order valence-electron chi connectivity index (χ1n) is 8.75. The van der Waals surface area contributed by atoms with Gasteiger partial charge < -0.3 is 10.2 Å². The number of hydrogen-bond acceptors (Lipinski definition) is 5. The van der Waals surface area contributed by atoms with E-state index in [0.29, 0.717) is 29.2 Å².